The zero-order valence-corrected chi connectivity index (χ0v) is 11.2. The van der Waals surface area contributed by atoms with Gasteiger partial charge < -0.3 is 4.90 Å². The van der Waals surface area contributed by atoms with Gasteiger partial charge in [-0.1, -0.05) is 13.3 Å². The van der Waals surface area contributed by atoms with E-state index in [1.165, 1.54) is 38.5 Å². The Hall–Kier alpha value is -0.570. The second kappa shape index (κ2) is 6.39. The normalized spacial score (nSPS) is 23.9. The van der Waals surface area contributed by atoms with Crippen molar-refractivity contribution in [3.63, 3.8) is 0 Å². The average Bonchev–Trinajstić information content (AvgIpc) is 2.40. The fraction of sp³-hybridized carbons (Fsp3) is 0.929. The molecule has 2 aliphatic rings. The van der Waals surface area contributed by atoms with Crippen molar-refractivity contribution in [1.82, 2.24) is 9.80 Å². The van der Waals surface area contributed by atoms with Crippen LogP contribution in [0.25, 0.3) is 0 Å². The fourth-order valence-corrected chi connectivity index (χ4v) is 2.99. The Morgan fingerprint density at radius 1 is 1.06 bits per heavy atom. The third-order valence-electron chi connectivity index (χ3n) is 4.35. The van der Waals surface area contributed by atoms with E-state index < -0.39 is 0 Å². The minimum absolute atomic E-state index is 0.361. The molecule has 0 aromatic carbocycles. The molecular formula is C14H26N2O. The number of hydrogen-bond acceptors (Lipinski definition) is 2. The van der Waals surface area contributed by atoms with E-state index in [1.807, 2.05) is 0 Å². The molecule has 17 heavy (non-hydrogen) atoms. The highest BCUT2D eigenvalue weighted by atomic mass is 16.2. The van der Waals surface area contributed by atoms with Gasteiger partial charge in [-0.05, 0) is 51.1 Å². The van der Waals surface area contributed by atoms with E-state index in [0.717, 1.165) is 32.1 Å². The predicted octanol–water partition coefficient (Wildman–Crippen LogP) is 2.12. The van der Waals surface area contributed by atoms with Crippen LogP contribution in [-0.4, -0.2) is 48.4 Å². The summed E-state index contributed by atoms with van der Waals surface area (Å²) in [6.45, 7) is 7.17. The first kappa shape index (κ1) is 12.9. The Balaban J connectivity index is 1.71. The molecule has 0 radical (unpaired) electrons. The summed E-state index contributed by atoms with van der Waals surface area (Å²) in [5.41, 5.74) is 0. The zero-order chi connectivity index (χ0) is 12.1. The Morgan fingerprint density at radius 3 is 2.29 bits per heavy atom. The topological polar surface area (TPSA) is 23.6 Å². The van der Waals surface area contributed by atoms with E-state index in [0.29, 0.717) is 12.5 Å². The summed E-state index contributed by atoms with van der Waals surface area (Å²) in [5, 5.41) is 0. The molecule has 0 unspecified atom stereocenters. The van der Waals surface area contributed by atoms with Crippen LogP contribution in [0.1, 0.15) is 45.4 Å². The predicted molar refractivity (Wildman–Crippen MR) is 69.9 cm³/mol. The first-order valence-electron chi connectivity index (χ1n) is 7.29. The number of rotatable bonds is 3. The molecule has 98 valence electrons. The third-order valence-corrected chi connectivity index (χ3v) is 4.35. The quantitative estimate of drug-likeness (QED) is 0.752. The number of hydrogen-bond donors (Lipinski definition) is 0. The van der Waals surface area contributed by atoms with Crippen molar-refractivity contribution in [2.24, 2.45) is 5.92 Å². The maximum atomic E-state index is 12.1. The molecule has 0 spiro atoms. The van der Waals surface area contributed by atoms with Crippen molar-refractivity contribution < 1.29 is 4.79 Å². The molecule has 1 amide bonds. The van der Waals surface area contributed by atoms with Crippen LogP contribution >= 0.6 is 0 Å². The van der Waals surface area contributed by atoms with Gasteiger partial charge in [-0.3, -0.25) is 9.69 Å². The van der Waals surface area contributed by atoms with Crippen molar-refractivity contribution in [2.45, 2.75) is 45.4 Å². The monoisotopic (exact) mass is 238 g/mol. The molecule has 2 rings (SSSR count). The molecule has 3 heteroatoms. The highest BCUT2D eigenvalue weighted by Gasteiger charge is 2.22. The minimum atomic E-state index is 0.361. The molecule has 2 saturated heterocycles. The van der Waals surface area contributed by atoms with Gasteiger partial charge in [0.25, 0.3) is 0 Å². The van der Waals surface area contributed by atoms with Crippen molar-refractivity contribution in [3.8, 4) is 0 Å². The summed E-state index contributed by atoms with van der Waals surface area (Å²) < 4.78 is 0. The van der Waals surface area contributed by atoms with Crippen molar-refractivity contribution in [1.29, 1.82) is 0 Å². The van der Waals surface area contributed by atoms with E-state index in [2.05, 4.69) is 16.7 Å². The van der Waals surface area contributed by atoms with E-state index in [-0.39, 0.29) is 0 Å². The van der Waals surface area contributed by atoms with Crippen LogP contribution < -0.4 is 0 Å². The molecule has 0 N–H and O–H groups in total. The van der Waals surface area contributed by atoms with Crippen LogP contribution in [0.5, 0.6) is 0 Å². The minimum Gasteiger partial charge on any atom is -0.342 e. The lowest BCUT2D eigenvalue weighted by Crippen LogP contribution is -2.45. The molecule has 0 saturated carbocycles. The lowest BCUT2D eigenvalue weighted by atomic mass is 9.94. The van der Waals surface area contributed by atoms with Crippen molar-refractivity contribution >= 4 is 5.91 Å². The van der Waals surface area contributed by atoms with Crippen LogP contribution in [0.2, 0.25) is 0 Å². The first-order valence-corrected chi connectivity index (χ1v) is 7.29. The number of nitrogens with zero attached hydrogens (tertiary/aromatic N) is 2. The van der Waals surface area contributed by atoms with Crippen LogP contribution in [0, 0.1) is 5.92 Å². The van der Waals surface area contributed by atoms with Gasteiger partial charge in [0.05, 0.1) is 6.54 Å². The molecule has 0 atom stereocenters. The van der Waals surface area contributed by atoms with Crippen LogP contribution in [-0.2, 0) is 4.79 Å². The maximum Gasteiger partial charge on any atom is 0.236 e. The van der Waals surface area contributed by atoms with Crippen LogP contribution in [0.3, 0.4) is 0 Å². The number of piperidine rings is 2. The summed E-state index contributed by atoms with van der Waals surface area (Å²) >= 11 is 0. The molecule has 2 aliphatic heterocycles. The Morgan fingerprint density at radius 2 is 1.71 bits per heavy atom. The van der Waals surface area contributed by atoms with Crippen molar-refractivity contribution in [3.05, 3.63) is 0 Å². The highest BCUT2D eigenvalue weighted by Crippen LogP contribution is 2.20. The molecular weight excluding hydrogens is 212 g/mol. The summed E-state index contributed by atoms with van der Waals surface area (Å²) in [4.78, 5) is 16.5. The number of carbonyl (C=O) groups is 1. The van der Waals surface area contributed by atoms with Gasteiger partial charge in [0.1, 0.15) is 0 Å². The molecule has 3 nitrogen and oxygen atoms in total. The molecule has 0 aromatic rings. The van der Waals surface area contributed by atoms with E-state index >= 15 is 0 Å². The van der Waals surface area contributed by atoms with Gasteiger partial charge in [-0.2, -0.15) is 0 Å². The fourth-order valence-electron chi connectivity index (χ4n) is 2.99. The standard InChI is InChI=1S/C14H26N2O/c1-2-13-6-10-15(11-7-13)12-14(17)16-8-4-3-5-9-16/h13H,2-12H2,1H3. The number of carbonyl (C=O) groups excluding carboxylic acids is 1. The van der Waals surface area contributed by atoms with E-state index in [4.69, 9.17) is 0 Å². The van der Waals surface area contributed by atoms with Gasteiger partial charge in [0.15, 0.2) is 0 Å². The average molecular weight is 238 g/mol. The summed E-state index contributed by atoms with van der Waals surface area (Å²) in [5.74, 6) is 1.26. The molecule has 2 heterocycles. The second-order valence-electron chi connectivity index (χ2n) is 5.57. The largest absolute Gasteiger partial charge is 0.342 e. The van der Waals surface area contributed by atoms with Gasteiger partial charge in [-0.25, -0.2) is 0 Å². The zero-order valence-electron chi connectivity index (χ0n) is 11.2. The molecule has 2 fully saturated rings. The SMILES string of the molecule is CCC1CCN(CC(=O)N2CCCCC2)CC1. The lowest BCUT2D eigenvalue weighted by molar-refractivity contribution is -0.133. The highest BCUT2D eigenvalue weighted by molar-refractivity contribution is 5.78. The first-order chi connectivity index (χ1) is 8.29. The number of likely N-dealkylation sites (tertiary alicyclic amines) is 2. The Labute approximate surface area is 105 Å². The smallest absolute Gasteiger partial charge is 0.236 e. The lowest BCUT2D eigenvalue weighted by Gasteiger charge is -2.33. The Kier molecular flexibility index (Phi) is 4.84. The van der Waals surface area contributed by atoms with Crippen LogP contribution in [0.4, 0.5) is 0 Å². The third kappa shape index (κ3) is 3.70. The van der Waals surface area contributed by atoms with Gasteiger partial charge >= 0.3 is 0 Å². The van der Waals surface area contributed by atoms with Gasteiger partial charge in [0, 0.05) is 13.1 Å². The summed E-state index contributed by atoms with van der Waals surface area (Å²) in [7, 11) is 0. The molecule has 0 bridgehead atoms. The molecule has 0 aromatic heterocycles. The van der Waals surface area contributed by atoms with E-state index in [1.54, 1.807) is 0 Å². The van der Waals surface area contributed by atoms with Gasteiger partial charge in [0.2, 0.25) is 5.91 Å². The Bertz CT molecular complexity index is 241. The van der Waals surface area contributed by atoms with Gasteiger partial charge in [-0.15, -0.1) is 0 Å². The second-order valence-corrected chi connectivity index (χ2v) is 5.57. The van der Waals surface area contributed by atoms with Crippen molar-refractivity contribution in [2.75, 3.05) is 32.7 Å². The summed E-state index contributed by atoms with van der Waals surface area (Å²) in [6, 6.07) is 0. The summed E-state index contributed by atoms with van der Waals surface area (Å²) in [6.07, 6.45) is 7.56. The van der Waals surface area contributed by atoms with Crippen LogP contribution in [0.15, 0.2) is 0 Å². The van der Waals surface area contributed by atoms with E-state index in [9.17, 15) is 4.79 Å². The maximum absolute atomic E-state index is 12.1. The number of amides is 1. The molecule has 0 aliphatic carbocycles.